The van der Waals surface area contributed by atoms with Crippen molar-refractivity contribution in [2.75, 3.05) is 7.11 Å². The van der Waals surface area contributed by atoms with Gasteiger partial charge in [0.25, 0.3) is 0 Å². The summed E-state index contributed by atoms with van der Waals surface area (Å²) < 4.78 is 24.1. The van der Waals surface area contributed by atoms with E-state index in [0.717, 1.165) is 12.8 Å². The van der Waals surface area contributed by atoms with Gasteiger partial charge in [0.05, 0.1) is 24.9 Å². The molecule has 98 valence electrons. The molecule has 0 spiro atoms. The fourth-order valence-corrected chi connectivity index (χ4v) is 3.19. The standard InChI is InChI=1S/C14H17FO3/c1-17-13-6-9(15)2-5-12(13)14(16)7-10-3-4-11(8-14)18-10/h2,5-6,10-11,16H,3-4,7-8H2,1H3. The van der Waals surface area contributed by atoms with Crippen molar-refractivity contribution in [1.29, 1.82) is 0 Å². The van der Waals surface area contributed by atoms with Crippen LogP contribution in [0, 0.1) is 5.82 Å². The van der Waals surface area contributed by atoms with E-state index < -0.39 is 5.60 Å². The first-order valence-electron chi connectivity index (χ1n) is 6.32. The van der Waals surface area contributed by atoms with Crippen LogP contribution in [-0.4, -0.2) is 24.4 Å². The number of hydrogen-bond donors (Lipinski definition) is 1. The lowest BCUT2D eigenvalue weighted by Gasteiger charge is -2.37. The Balaban J connectivity index is 1.98. The van der Waals surface area contributed by atoms with Crippen molar-refractivity contribution in [2.45, 2.75) is 43.5 Å². The van der Waals surface area contributed by atoms with E-state index >= 15 is 0 Å². The molecule has 2 heterocycles. The predicted octanol–water partition coefficient (Wildman–Crippen LogP) is 2.36. The minimum atomic E-state index is -0.955. The monoisotopic (exact) mass is 252 g/mol. The van der Waals surface area contributed by atoms with Gasteiger partial charge in [-0.1, -0.05) is 0 Å². The Morgan fingerprint density at radius 2 is 2.00 bits per heavy atom. The maximum absolute atomic E-state index is 13.2. The van der Waals surface area contributed by atoms with E-state index in [0.29, 0.717) is 24.2 Å². The quantitative estimate of drug-likeness (QED) is 0.878. The number of hydrogen-bond acceptors (Lipinski definition) is 3. The average molecular weight is 252 g/mol. The van der Waals surface area contributed by atoms with E-state index in [9.17, 15) is 9.50 Å². The zero-order chi connectivity index (χ0) is 12.8. The molecule has 18 heavy (non-hydrogen) atoms. The lowest BCUT2D eigenvalue weighted by Crippen LogP contribution is -2.38. The molecule has 0 saturated carbocycles. The summed E-state index contributed by atoms with van der Waals surface area (Å²) in [5.41, 5.74) is -0.282. The maximum Gasteiger partial charge on any atom is 0.127 e. The van der Waals surface area contributed by atoms with E-state index in [2.05, 4.69) is 0 Å². The Hall–Kier alpha value is -1.13. The van der Waals surface area contributed by atoms with E-state index in [1.165, 1.54) is 19.2 Å². The number of aliphatic hydroxyl groups is 1. The maximum atomic E-state index is 13.2. The number of ether oxygens (including phenoxy) is 2. The van der Waals surface area contributed by atoms with Gasteiger partial charge in [-0.15, -0.1) is 0 Å². The van der Waals surface area contributed by atoms with Crippen LogP contribution in [0.5, 0.6) is 5.75 Å². The Labute approximate surface area is 106 Å². The van der Waals surface area contributed by atoms with Gasteiger partial charge >= 0.3 is 0 Å². The van der Waals surface area contributed by atoms with E-state index in [1.54, 1.807) is 6.07 Å². The second-order valence-electron chi connectivity index (χ2n) is 5.24. The van der Waals surface area contributed by atoms with Crippen LogP contribution in [0.1, 0.15) is 31.2 Å². The molecule has 2 unspecified atom stereocenters. The van der Waals surface area contributed by atoms with Gasteiger partial charge in [0.15, 0.2) is 0 Å². The summed E-state index contributed by atoms with van der Waals surface area (Å²) in [5.74, 6) is 0.0630. The van der Waals surface area contributed by atoms with Gasteiger partial charge in [-0.3, -0.25) is 0 Å². The molecule has 2 aliphatic rings. The summed E-state index contributed by atoms with van der Waals surface area (Å²) in [6.45, 7) is 0. The minimum Gasteiger partial charge on any atom is -0.496 e. The van der Waals surface area contributed by atoms with Gasteiger partial charge < -0.3 is 14.6 Å². The van der Waals surface area contributed by atoms with Crippen molar-refractivity contribution in [3.05, 3.63) is 29.6 Å². The molecule has 2 bridgehead atoms. The van der Waals surface area contributed by atoms with Crippen LogP contribution >= 0.6 is 0 Å². The minimum absolute atomic E-state index is 0.114. The fraction of sp³-hybridized carbons (Fsp3) is 0.571. The van der Waals surface area contributed by atoms with Crippen molar-refractivity contribution < 1.29 is 19.0 Å². The number of fused-ring (bicyclic) bond motifs is 2. The molecule has 1 N–H and O–H groups in total. The van der Waals surface area contributed by atoms with E-state index in [4.69, 9.17) is 9.47 Å². The molecule has 2 saturated heterocycles. The fourth-order valence-electron chi connectivity index (χ4n) is 3.19. The highest BCUT2D eigenvalue weighted by atomic mass is 19.1. The molecule has 2 aliphatic heterocycles. The molecule has 3 rings (SSSR count). The highest BCUT2D eigenvalue weighted by Crippen LogP contribution is 2.46. The van der Waals surface area contributed by atoms with Crippen LogP contribution in [0.4, 0.5) is 4.39 Å². The Morgan fingerprint density at radius 1 is 1.33 bits per heavy atom. The van der Waals surface area contributed by atoms with Crippen molar-refractivity contribution in [1.82, 2.24) is 0 Å². The largest absolute Gasteiger partial charge is 0.496 e. The molecular weight excluding hydrogens is 235 g/mol. The van der Waals surface area contributed by atoms with E-state index in [1.807, 2.05) is 0 Å². The van der Waals surface area contributed by atoms with Crippen LogP contribution in [0.2, 0.25) is 0 Å². The van der Waals surface area contributed by atoms with Crippen molar-refractivity contribution in [2.24, 2.45) is 0 Å². The molecule has 0 aliphatic carbocycles. The van der Waals surface area contributed by atoms with Crippen LogP contribution < -0.4 is 4.74 Å². The smallest absolute Gasteiger partial charge is 0.127 e. The molecular formula is C14H17FO3. The molecule has 4 heteroatoms. The molecule has 0 radical (unpaired) electrons. The SMILES string of the molecule is COc1cc(F)ccc1C1(O)CC2CCC(C1)O2. The second kappa shape index (κ2) is 4.21. The third-order valence-corrected chi connectivity index (χ3v) is 3.99. The first-order chi connectivity index (χ1) is 8.60. The number of rotatable bonds is 2. The third kappa shape index (κ3) is 1.89. The van der Waals surface area contributed by atoms with Gasteiger partial charge in [-0.2, -0.15) is 0 Å². The Bertz CT molecular complexity index is 448. The molecule has 1 aromatic rings. The molecule has 2 fully saturated rings. The van der Waals surface area contributed by atoms with Gasteiger partial charge in [0, 0.05) is 24.5 Å². The lowest BCUT2D eigenvalue weighted by atomic mass is 9.83. The molecule has 3 nitrogen and oxygen atoms in total. The first kappa shape index (κ1) is 11.9. The molecule has 2 atom stereocenters. The van der Waals surface area contributed by atoms with Gasteiger partial charge in [-0.05, 0) is 25.0 Å². The normalized spacial score (nSPS) is 34.6. The van der Waals surface area contributed by atoms with Gasteiger partial charge in [0.2, 0.25) is 0 Å². The number of halogens is 1. The first-order valence-corrected chi connectivity index (χ1v) is 6.32. The van der Waals surface area contributed by atoms with Crippen LogP contribution in [-0.2, 0) is 10.3 Å². The number of methoxy groups -OCH3 is 1. The molecule has 0 aromatic heterocycles. The summed E-state index contributed by atoms with van der Waals surface area (Å²) in [6, 6.07) is 4.32. The highest BCUT2D eigenvalue weighted by Gasteiger charge is 2.45. The van der Waals surface area contributed by atoms with Crippen LogP contribution in [0.3, 0.4) is 0 Å². The van der Waals surface area contributed by atoms with E-state index in [-0.39, 0.29) is 18.0 Å². The zero-order valence-electron chi connectivity index (χ0n) is 10.4. The number of benzene rings is 1. The summed E-state index contributed by atoms with van der Waals surface area (Å²) in [4.78, 5) is 0. The third-order valence-electron chi connectivity index (χ3n) is 3.99. The van der Waals surface area contributed by atoms with Gasteiger partial charge in [0.1, 0.15) is 11.6 Å². The van der Waals surface area contributed by atoms with Crippen LogP contribution in [0.15, 0.2) is 18.2 Å². The van der Waals surface area contributed by atoms with Crippen molar-refractivity contribution in [3.63, 3.8) is 0 Å². The van der Waals surface area contributed by atoms with Crippen LogP contribution in [0.25, 0.3) is 0 Å². The highest BCUT2D eigenvalue weighted by molar-refractivity contribution is 5.39. The molecule has 1 aromatic carbocycles. The molecule has 0 amide bonds. The lowest BCUT2D eigenvalue weighted by molar-refractivity contribution is -0.116. The van der Waals surface area contributed by atoms with Gasteiger partial charge in [-0.25, -0.2) is 4.39 Å². The summed E-state index contributed by atoms with van der Waals surface area (Å²) in [5, 5.41) is 10.8. The van der Waals surface area contributed by atoms with Crippen molar-refractivity contribution in [3.8, 4) is 5.75 Å². The topological polar surface area (TPSA) is 38.7 Å². The summed E-state index contributed by atoms with van der Waals surface area (Å²) in [7, 11) is 1.50. The summed E-state index contributed by atoms with van der Waals surface area (Å²) >= 11 is 0. The Morgan fingerprint density at radius 3 is 2.61 bits per heavy atom. The van der Waals surface area contributed by atoms with Crippen molar-refractivity contribution >= 4 is 0 Å². The average Bonchev–Trinajstić information content (AvgIpc) is 2.68. The second-order valence-corrected chi connectivity index (χ2v) is 5.24. The Kier molecular flexibility index (Phi) is 2.79. The summed E-state index contributed by atoms with van der Waals surface area (Å²) in [6.07, 6.45) is 3.34. The zero-order valence-corrected chi connectivity index (χ0v) is 10.4. The predicted molar refractivity (Wildman–Crippen MR) is 64.0 cm³/mol.